The topological polar surface area (TPSA) is 63.6 Å². The standard InChI is InChI=1S/C12H11F3O4/c1-19-10(17)11(18,12(13,14)15)7-9(16)8-5-3-2-4-6-8/h2-6,18H,7H2,1H3. The fourth-order valence-electron chi connectivity index (χ4n) is 1.42. The molecule has 104 valence electrons. The maximum absolute atomic E-state index is 12.7. The number of esters is 1. The van der Waals surface area contributed by atoms with Gasteiger partial charge in [0.15, 0.2) is 5.78 Å². The number of methoxy groups -OCH3 is 1. The van der Waals surface area contributed by atoms with Gasteiger partial charge in [0.1, 0.15) is 0 Å². The van der Waals surface area contributed by atoms with Crippen molar-refractivity contribution in [2.75, 3.05) is 7.11 Å². The summed E-state index contributed by atoms with van der Waals surface area (Å²) < 4.78 is 42.1. The number of benzene rings is 1. The molecule has 1 aromatic rings. The first kappa shape index (κ1) is 15.2. The third-order valence-corrected chi connectivity index (χ3v) is 2.50. The molecule has 0 saturated carbocycles. The molecule has 19 heavy (non-hydrogen) atoms. The minimum Gasteiger partial charge on any atom is -0.467 e. The number of alkyl halides is 3. The quantitative estimate of drug-likeness (QED) is 0.672. The van der Waals surface area contributed by atoms with Gasteiger partial charge in [-0.3, -0.25) is 4.79 Å². The van der Waals surface area contributed by atoms with E-state index in [1.165, 1.54) is 24.3 Å². The molecule has 1 atom stereocenters. The summed E-state index contributed by atoms with van der Waals surface area (Å²) in [5.41, 5.74) is -3.87. The molecule has 0 aliphatic carbocycles. The lowest BCUT2D eigenvalue weighted by Crippen LogP contribution is -2.54. The Kier molecular flexibility index (Phi) is 4.31. The summed E-state index contributed by atoms with van der Waals surface area (Å²) in [6, 6.07) is 7.07. The number of carbonyl (C=O) groups excluding carboxylic acids is 2. The smallest absolute Gasteiger partial charge is 0.428 e. The molecule has 0 aromatic heterocycles. The average Bonchev–Trinajstić information content (AvgIpc) is 2.37. The molecule has 1 unspecified atom stereocenters. The van der Waals surface area contributed by atoms with Crippen molar-refractivity contribution in [3.63, 3.8) is 0 Å². The Balaban J connectivity index is 3.04. The van der Waals surface area contributed by atoms with E-state index in [4.69, 9.17) is 0 Å². The molecule has 0 heterocycles. The molecule has 1 rings (SSSR count). The zero-order valence-corrected chi connectivity index (χ0v) is 9.90. The van der Waals surface area contributed by atoms with Crippen LogP contribution in [-0.2, 0) is 9.53 Å². The first-order chi connectivity index (χ1) is 8.72. The molecular weight excluding hydrogens is 265 g/mol. The number of carbonyl (C=O) groups is 2. The van der Waals surface area contributed by atoms with Gasteiger partial charge >= 0.3 is 12.1 Å². The number of hydrogen-bond acceptors (Lipinski definition) is 4. The zero-order valence-electron chi connectivity index (χ0n) is 9.90. The van der Waals surface area contributed by atoms with Crippen LogP contribution >= 0.6 is 0 Å². The first-order valence-electron chi connectivity index (χ1n) is 5.18. The van der Waals surface area contributed by atoms with Gasteiger partial charge in [0.25, 0.3) is 5.60 Å². The minimum absolute atomic E-state index is 0.0333. The lowest BCUT2D eigenvalue weighted by atomic mass is 9.93. The third kappa shape index (κ3) is 3.11. The molecule has 0 spiro atoms. The highest BCUT2D eigenvalue weighted by atomic mass is 19.4. The molecule has 7 heteroatoms. The zero-order chi connectivity index (χ0) is 14.7. The second-order valence-electron chi connectivity index (χ2n) is 3.82. The van der Waals surface area contributed by atoms with Gasteiger partial charge in [-0.15, -0.1) is 0 Å². The summed E-state index contributed by atoms with van der Waals surface area (Å²) in [5, 5.41) is 9.43. The van der Waals surface area contributed by atoms with Crippen LogP contribution in [0.3, 0.4) is 0 Å². The van der Waals surface area contributed by atoms with Gasteiger partial charge in [-0.1, -0.05) is 30.3 Å². The first-order valence-corrected chi connectivity index (χ1v) is 5.18. The fraction of sp³-hybridized carbons (Fsp3) is 0.333. The van der Waals surface area contributed by atoms with Crippen molar-refractivity contribution in [2.45, 2.75) is 18.2 Å². The van der Waals surface area contributed by atoms with Crippen LogP contribution in [0.5, 0.6) is 0 Å². The molecule has 0 amide bonds. The lowest BCUT2D eigenvalue weighted by molar-refractivity contribution is -0.260. The summed E-state index contributed by atoms with van der Waals surface area (Å²) in [4.78, 5) is 22.8. The highest BCUT2D eigenvalue weighted by Crippen LogP contribution is 2.35. The SMILES string of the molecule is COC(=O)C(O)(CC(=O)c1ccccc1)C(F)(F)F. The Labute approximate surface area is 106 Å². The predicted molar refractivity (Wildman–Crippen MR) is 58.4 cm³/mol. The van der Waals surface area contributed by atoms with Crippen molar-refractivity contribution in [1.29, 1.82) is 0 Å². The number of Topliss-reactive ketones (excluding diaryl/α,β-unsaturated/α-hetero) is 1. The van der Waals surface area contributed by atoms with Crippen molar-refractivity contribution >= 4 is 11.8 Å². The summed E-state index contributed by atoms with van der Waals surface area (Å²) in [6.07, 6.45) is -6.72. The number of aliphatic hydroxyl groups is 1. The number of ether oxygens (including phenoxy) is 1. The largest absolute Gasteiger partial charge is 0.467 e. The van der Waals surface area contributed by atoms with Gasteiger partial charge in [-0.25, -0.2) is 4.79 Å². The molecule has 0 bridgehead atoms. The molecule has 0 saturated heterocycles. The van der Waals surface area contributed by atoms with E-state index in [9.17, 15) is 27.9 Å². The number of rotatable bonds is 4. The summed E-state index contributed by atoms with van der Waals surface area (Å²) >= 11 is 0. The summed E-state index contributed by atoms with van der Waals surface area (Å²) in [6.45, 7) is 0. The van der Waals surface area contributed by atoms with E-state index in [0.717, 1.165) is 0 Å². The molecule has 1 aromatic carbocycles. The second kappa shape index (κ2) is 5.40. The molecule has 0 fully saturated rings. The van der Waals surface area contributed by atoms with Crippen LogP contribution in [0.2, 0.25) is 0 Å². The Morgan fingerprint density at radius 1 is 1.21 bits per heavy atom. The minimum atomic E-state index is -5.30. The van der Waals surface area contributed by atoms with E-state index in [1.54, 1.807) is 6.07 Å². The highest BCUT2D eigenvalue weighted by Gasteiger charge is 2.61. The van der Waals surface area contributed by atoms with Crippen molar-refractivity contribution in [3.8, 4) is 0 Å². The summed E-state index contributed by atoms with van der Waals surface area (Å²) in [5.74, 6) is -2.92. The Bertz CT molecular complexity index is 470. The molecule has 0 radical (unpaired) electrons. The van der Waals surface area contributed by atoms with Crippen LogP contribution in [0, 0.1) is 0 Å². The fourth-order valence-corrected chi connectivity index (χ4v) is 1.42. The van der Waals surface area contributed by atoms with Gasteiger partial charge in [0, 0.05) is 5.56 Å². The van der Waals surface area contributed by atoms with E-state index in [-0.39, 0.29) is 5.56 Å². The number of halogens is 3. The normalized spacial score (nSPS) is 14.6. The van der Waals surface area contributed by atoms with E-state index in [1.807, 2.05) is 0 Å². The molecular formula is C12H11F3O4. The second-order valence-corrected chi connectivity index (χ2v) is 3.82. The van der Waals surface area contributed by atoms with Gasteiger partial charge in [-0.2, -0.15) is 13.2 Å². The van der Waals surface area contributed by atoms with Crippen molar-refractivity contribution < 1.29 is 32.6 Å². The molecule has 1 N–H and O–H groups in total. The van der Waals surface area contributed by atoms with E-state index in [0.29, 0.717) is 7.11 Å². The predicted octanol–water partition coefficient (Wildman–Crippen LogP) is 1.73. The lowest BCUT2D eigenvalue weighted by Gasteiger charge is -2.26. The van der Waals surface area contributed by atoms with Crippen LogP contribution in [0.25, 0.3) is 0 Å². The Hall–Kier alpha value is -1.89. The average molecular weight is 276 g/mol. The molecule has 0 aliphatic rings. The highest BCUT2D eigenvalue weighted by molar-refractivity contribution is 6.00. The molecule has 0 aliphatic heterocycles. The Morgan fingerprint density at radius 2 is 1.74 bits per heavy atom. The Morgan fingerprint density at radius 3 is 2.16 bits per heavy atom. The number of hydrogen-bond donors (Lipinski definition) is 1. The van der Waals surface area contributed by atoms with Crippen LogP contribution < -0.4 is 0 Å². The van der Waals surface area contributed by atoms with Crippen molar-refractivity contribution in [2.24, 2.45) is 0 Å². The number of ketones is 1. The maximum Gasteiger partial charge on any atom is 0.428 e. The maximum atomic E-state index is 12.7. The van der Waals surface area contributed by atoms with E-state index in [2.05, 4.69) is 4.74 Å². The van der Waals surface area contributed by atoms with E-state index >= 15 is 0 Å². The van der Waals surface area contributed by atoms with Crippen LogP contribution in [0.15, 0.2) is 30.3 Å². The summed E-state index contributed by atoms with van der Waals surface area (Å²) in [7, 11) is 0.700. The van der Waals surface area contributed by atoms with Crippen LogP contribution in [-0.4, -0.2) is 35.7 Å². The monoisotopic (exact) mass is 276 g/mol. The van der Waals surface area contributed by atoms with Gasteiger partial charge in [-0.05, 0) is 0 Å². The van der Waals surface area contributed by atoms with Crippen LogP contribution in [0.4, 0.5) is 13.2 Å². The van der Waals surface area contributed by atoms with Crippen molar-refractivity contribution in [3.05, 3.63) is 35.9 Å². The van der Waals surface area contributed by atoms with Gasteiger partial charge in [0.2, 0.25) is 0 Å². The third-order valence-electron chi connectivity index (χ3n) is 2.50. The van der Waals surface area contributed by atoms with E-state index < -0.39 is 30.0 Å². The molecule has 4 nitrogen and oxygen atoms in total. The van der Waals surface area contributed by atoms with Crippen molar-refractivity contribution in [1.82, 2.24) is 0 Å². The van der Waals surface area contributed by atoms with Gasteiger partial charge < -0.3 is 9.84 Å². The van der Waals surface area contributed by atoms with Gasteiger partial charge in [0.05, 0.1) is 13.5 Å². The van der Waals surface area contributed by atoms with Crippen LogP contribution in [0.1, 0.15) is 16.8 Å².